The number of carbonyl (C=O) groups is 1. The highest BCUT2D eigenvalue weighted by Crippen LogP contribution is 2.03. The SMILES string of the molecule is CON=C(C(=O)O)c1nc[s+](N)n1. The van der Waals surface area contributed by atoms with Gasteiger partial charge in [-0.1, -0.05) is 5.16 Å². The van der Waals surface area contributed by atoms with Crippen molar-refractivity contribution in [3.8, 4) is 0 Å². The summed E-state index contributed by atoms with van der Waals surface area (Å²) in [5.74, 6) is -1.27. The van der Waals surface area contributed by atoms with Crippen molar-refractivity contribution >= 4 is 22.5 Å². The molecule has 0 radical (unpaired) electrons. The van der Waals surface area contributed by atoms with E-state index >= 15 is 0 Å². The third-order valence-electron chi connectivity index (χ3n) is 1.07. The van der Waals surface area contributed by atoms with Gasteiger partial charge < -0.3 is 9.94 Å². The lowest BCUT2D eigenvalue weighted by Crippen LogP contribution is -2.16. The Hall–Kier alpha value is -1.54. The number of rotatable bonds is 3. The number of hydrogen-bond donors (Lipinski definition) is 2. The first-order valence-electron chi connectivity index (χ1n) is 3.10. The van der Waals surface area contributed by atoms with E-state index in [1.165, 1.54) is 12.6 Å². The summed E-state index contributed by atoms with van der Waals surface area (Å²) in [6, 6.07) is 0. The predicted octanol–water partition coefficient (Wildman–Crippen LogP) is -0.625. The second-order valence-electron chi connectivity index (χ2n) is 1.92. The van der Waals surface area contributed by atoms with E-state index in [0.29, 0.717) is 0 Å². The van der Waals surface area contributed by atoms with Crippen molar-refractivity contribution in [3.63, 3.8) is 0 Å². The van der Waals surface area contributed by atoms with E-state index in [1.54, 1.807) is 0 Å². The fourth-order valence-electron chi connectivity index (χ4n) is 0.622. The Morgan fingerprint density at radius 3 is 2.92 bits per heavy atom. The molecule has 3 N–H and O–H groups in total. The molecule has 1 rings (SSSR count). The Morgan fingerprint density at radius 1 is 1.85 bits per heavy atom. The number of oxime groups is 1. The summed E-state index contributed by atoms with van der Waals surface area (Å²) in [7, 11) is 0.393. The minimum Gasteiger partial charge on any atom is -0.476 e. The number of carboxylic acids is 1. The van der Waals surface area contributed by atoms with Crippen LogP contribution in [0, 0.1) is 0 Å². The summed E-state index contributed by atoms with van der Waals surface area (Å²) in [6.07, 6.45) is 0. The molecular weight excluding hydrogens is 196 g/mol. The summed E-state index contributed by atoms with van der Waals surface area (Å²) in [6.45, 7) is 0. The monoisotopic (exact) mass is 203 g/mol. The topological polar surface area (TPSA) is 111 Å². The fourth-order valence-corrected chi connectivity index (χ4v) is 1.21. The Bertz CT molecular complexity index is 347. The minimum absolute atomic E-state index is 0.0137. The van der Waals surface area contributed by atoms with Crippen LogP contribution in [0.2, 0.25) is 0 Å². The zero-order valence-corrected chi connectivity index (χ0v) is 7.48. The molecule has 1 atom stereocenters. The van der Waals surface area contributed by atoms with E-state index < -0.39 is 16.8 Å². The number of carboxylic acid groups (broad SMARTS) is 1. The maximum Gasteiger partial charge on any atom is 0.362 e. The fraction of sp³-hybridized carbons (Fsp3) is 0.200. The number of nitrogens with two attached hydrogens (primary N) is 1. The molecule has 0 fully saturated rings. The molecule has 13 heavy (non-hydrogen) atoms. The first-order valence-corrected chi connectivity index (χ1v) is 4.41. The van der Waals surface area contributed by atoms with Crippen LogP contribution in [0.5, 0.6) is 0 Å². The Kier molecular flexibility index (Phi) is 2.88. The average Bonchev–Trinajstić information content (AvgIpc) is 2.46. The third kappa shape index (κ3) is 2.20. The zero-order chi connectivity index (χ0) is 9.84. The van der Waals surface area contributed by atoms with Gasteiger partial charge >= 0.3 is 5.97 Å². The van der Waals surface area contributed by atoms with Crippen LogP contribution < -0.4 is 5.14 Å². The summed E-state index contributed by atoms with van der Waals surface area (Å²) >= 11 is 0. The second-order valence-corrected chi connectivity index (χ2v) is 3.01. The van der Waals surface area contributed by atoms with Gasteiger partial charge in [-0.15, -0.1) is 5.14 Å². The van der Waals surface area contributed by atoms with Crippen LogP contribution in [-0.2, 0) is 9.63 Å². The molecule has 70 valence electrons. The van der Waals surface area contributed by atoms with Crippen molar-refractivity contribution in [1.29, 1.82) is 0 Å². The van der Waals surface area contributed by atoms with Crippen LogP contribution in [0.4, 0.5) is 0 Å². The van der Waals surface area contributed by atoms with Gasteiger partial charge in [-0.3, -0.25) is 0 Å². The minimum atomic E-state index is -1.25. The maximum absolute atomic E-state index is 10.6. The molecule has 0 aliphatic carbocycles. The summed E-state index contributed by atoms with van der Waals surface area (Å²) in [4.78, 5) is 18.6. The highest BCUT2D eigenvalue weighted by atomic mass is 32.2. The molecule has 0 aliphatic heterocycles. The lowest BCUT2D eigenvalue weighted by Gasteiger charge is -1.91. The number of nitrogens with zero attached hydrogens (tertiary/aromatic N) is 3. The van der Waals surface area contributed by atoms with E-state index in [4.69, 9.17) is 10.2 Å². The van der Waals surface area contributed by atoms with E-state index in [0.717, 1.165) is 0 Å². The molecule has 0 bridgehead atoms. The first-order chi connectivity index (χ1) is 6.15. The van der Waals surface area contributed by atoms with Crippen LogP contribution in [0.3, 0.4) is 0 Å². The average molecular weight is 203 g/mol. The quantitative estimate of drug-likeness (QED) is 0.384. The molecule has 1 aromatic heterocycles. The highest BCUT2D eigenvalue weighted by Gasteiger charge is 2.21. The molecule has 7 nitrogen and oxygen atoms in total. The van der Waals surface area contributed by atoms with Crippen molar-refractivity contribution in [2.24, 2.45) is 5.16 Å². The van der Waals surface area contributed by atoms with E-state index in [1.807, 2.05) is 0 Å². The Morgan fingerprint density at radius 2 is 2.54 bits per heavy atom. The van der Waals surface area contributed by atoms with E-state index in [2.05, 4.69) is 19.4 Å². The van der Waals surface area contributed by atoms with E-state index in [9.17, 15) is 4.79 Å². The second kappa shape index (κ2) is 3.92. The van der Waals surface area contributed by atoms with E-state index in [-0.39, 0.29) is 11.5 Å². The lowest BCUT2D eigenvalue weighted by molar-refractivity contribution is -0.129. The van der Waals surface area contributed by atoms with Gasteiger partial charge in [0.1, 0.15) is 7.11 Å². The van der Waals surface area contributed by atoms with Gasteiger partial charge in [0.05, 0.1) is 0 Å². The number of hydrogen-bond acceptors (Lipinski definition) is 6. The standard InChI is InChI=1S/C5H6N4O3S/c1-12-8-3(5(10)11)4-7-2-13(6)9-4/h2,6H,1H3,(H,10,11)/p+1. The predicted molar refractivity (Wildman–Crippen MR) is 45.8 cm³/mol. The van der Waals surface area contributed by atoms with Crippen LogP contribution in [-0.4, -0.2) is 33.3 Å². The third-order valence-corrected chi connectivity index (χ3v) is 1.78. The van der Waals surface area contributed by atoms with Gasteiger partial charge in [-0.2, -0.15) is 4.98 Å². The highest BCUT2D eigenvalue weighted by molar-refractivity contribution is 7.24. The van der Waals surface area contributed by atoms with Crippen molar-refractivity contribution in [3.05, 3.63) is 11.3 Å². The smallest absolute Gasteiger partial charge is 0.362 e. The van der Waals surface area contributed by atoms with Crippen molar-refractivity contribution < 1.29 is 14.7 Å². The number of aromatic nitrogens is 2. The van der Waals surface area contributed by atoms with Crippen LogP contribution >= 0.6 is 10.9 Å². The van der Waals surface area contributed by atoms with Gasteiger partial charge in [0.25, 0.3) is 11.3 Å². The molecular formula is C5H7N4O3S+. The number of aliphatic carboxylic acids is 1. The summed E-state index contributed by atoms with van der Waals surface area (Å²) in [5.41, 5.74) is 1.00. The summed E-state index contributed by atoms with van der Waals surface area (Å²) in [5, 5.41) is 17.3. The lowest BCUT2D eigenvalue weighted by atomic mass is 10.4. The Labute approximate surface area is 76.1 Å². The molecule has 0 amide bonds. The van der Waals surface area contributed by atoms with Crippen LogP contribution in [0.1, 0.15) is 5.82 Å². The van der Waals surface area contributed by atoms with Crippen molar-refractivity contribution in [1.82, 2.24) is 9.36 Å². The molecule has 1 unspecified atom stereocenters. The molecule has 0 saturated heterocycles. The molecule has 0 saturated carbocycles. The molecule has 1 heterocycles. The molecule has 1 aromatic rings. The normalized spacial score (nSPS) is 12.8. The largest absolute Gasteiger partial charge is 0.476 e. The van der Waals surface area contributed by atoms with Crippen LogP contribution in [0.15, 0.2) is 10.7 Å². The summed E-state index contributed by atoms with van der Waals surface area (Å²) < 4.78 is 3.74. The van der Waals surface area contributed by atoms with Gasteiger partial charge in [-0.05, 0) is 0 Å². The first kappa shape index (κ1) is 9.55. The van der Waals surface area contributed by atoms with Crippen molar-refractivity contribution in [2.75, 3.05) is 12.2 Å². The number of nitrogen functional groups attached to an aromatic ring is 1. The van der Waals surface area contributed by atoms with Gasteiger partial charge in [0.15, 0.2) is 0 Å². The zero-order valence-electron chi connectivity index (χ0n) is 6.67. The maximum atomic E-state index is 10.6. The molecule has 0 spiro atoms. The molecule has 8 heteroatoms. The van der Waals surface area contributed by atoms with Gasteiger partial charge in [-0.25, -0.2) is 4.79 Å². The Balaban J connectivity index is 3.02. The molecule has 0 aromatic carbocycles. The van der Waals surface area contributed by atoms with Gasteiger partial charge in [0.2, 0.25) is 16.6 Å². The van der Waals surface area contributed by atoms with Crippen molar-refractivity contribution in [2.45, 2.75) is 0 Å². The molecule has 0 aliphatic rings. The van der Waals surface area contributed by atoms with Gasteiger partial charge in [0, 0.05) is 4.37 Å². The van der Waals surface area contributed by atoms with Crippen LogP contribution in [0.25, 0.3) is 0 Å².